The maximum absolute atomic E-state index is 12.5. The van der Waals surface area contributed by atoms with Crippen LogP contribution < -0.4 is 20.5 Å². The van der Waals surface area contributed by atoms with E-state index in [2.05, 4.69) is 39.1 Å². The van der Waals surface area contributed by atoms with Crippen LogP contribution in [0.15, 0.2) is 29.3 Å². The first kappa shape index (κ1) is 21.4. The van der Waals surface area contributed by atoms with E-state index >= 15 is 0 Å². The highest BCUT2D eigenvalue weighted by Crippen LogP contribution is 2.32. The van der Waals surface area contributed by atoms with Gasteiger partial charge in [0.15, 0.2) is 0 Å². The molecule has 0 spiro atoms. The molecule has 0 saturated carbocycles. The second-order valence-corrected chi connectivity index (χ2v) is 8.80. The lowest BCUT2D eigenvalue weighted by molar-refractivity contribution is 0.263. The maximum atomic E-state index is 12.5. The number of benzene rings is 1. The number of nitrogens with zero attached hydrogens (tertiary/aromatic N) is 4. The lowest BCUT2D eigenvalue weighted by Gasteiger charge is -2.24. The third-order valence-electron chi connectivity index (χ3n) is 5.08. The highest BCUT2D eigenvalue weighted by Gasteiger charge is 2.36. The number of halogens is 1. The van der Waals surface area contributed by atoms with Crippen molar-refractivity contribution in [1.82, 2.24) is 19.9 Å². The van der Waals surface area contributed by atoms with Gasteiger partial charge in [-0.1, -0.05) is 37.2 Å². The summed E-state index contributed by atoms with van der Waals surface area (Å²) in [6.45, 7) is 4.31. The number of hydrogen-bond acceptors (Lipinski definition) is 8. The Hall–Kier alpha value is -2.85. The molecule has 1 atom stereocenters. The Labute approximate surface area is 187 Å². The molecule has 1 amide bonds. The van der Waals surface area contributed by atoms with Crippen molar-refractivity contribution < 1.29 is 9.53 Å². The van der Waals surface area contributed by atoms with Gasteiger partial charge in [-0.25, -0.2) is 9.97 Å². The number of fused-ring (bicyclic) bond motifs is 1. The van der Waals surface area contributed by atoms with E-state index in [0.29, 0.717) is 33.6 Å². The van der Waals surface area contributed by atoms with Crippen LogP contribution in [0.25, 0.3) is 10.9 Å². The number of carbonyl (C=O) groups is 1. The van der Waals surface area contributed by atoms with Crippen LogP contribution in [0, 0.1) is 5.92 Å². The Morgan fingerprint density at radius 3 is 2.87 bits per heavy atom. The van der Waals surface area contributed by atoms with Gasteiger partial charge >= 0.3 is 0 Å². The van der Waals surface area contributed by atoms with E-state index < -0.39 is 0 Å². The molecular formula is C20H21ClN6O3S. The van der Waals surface area contributed by atoms with Gasteiger partial charge in [-0.3, -0.25) is 14.5 Å². The number of hydrogen-bond donors (Lipinski definition) is 2. The predicted molar refractivity (Wildman–Crippen MR) is 122 cm³/mol. The van der Waals surface area contributed by atoms with Crippen molar-refractivity contribution in [3.8, 4) is 5.75 Å². The van der Waals surface area contributed by atoms with Crippen LogP contribution in [-0.4, -0.2) is 44.1 Å². The van der Waals surface area contributed by atoms with Gasteiger partial charge in [0.2, 0.25) is 11.9 Å². The summed E-state index contributed by atoms with van der Waals surface area (Å²) in [6, 6.07) is 5.20. The molecule has 1 aliphatic heterocycles. The normalized spacial score (nSPS) is 16.4. The van der Waals surface area contributed by atoms with Gasteiger partial charge in [0, 0.05) is 29.3 Å². The highest BCUT2D eigenvalue weighted by atomic mass is 35.5. The summed E-state index contributed by atoms with van der Waals surface area (Å²) in [5.41, 5.74) is 0.871. The quantitative estimate of drug-likeness (QED) is 0.572. The van der Waals surface area contributed by atoms with Crippen LogP contribution in [0.2, 0.25) is 5.02 Å². The molecular weight excluding hydrogens is 440 g/mol. The fourth-order valence-electron chi connectivity index (χ4n) is 3.36. The molecule has 1 saturated heterocycles. The number of rotatable bonds is 6. The van der Waals surface area contributed by atoms with E-state index in [1.165, 1.54) is 25.2 Å². The van der Waals surface area contributed by atoms with Crippen LogP contribution in [0.1, 0.15) is 19.4 Å². The van der Waals surface area contributed by atoms with Gasteiger partial charge in [0.25, 0.3) is 10.8 Å². The minimum absolute atomic E-state index is 0.0258. The zero-order valence-corrected chi connectivity index (χ0v) is 18.8. The molecule has 3 heterocycles. The Bertz CT molecular complexity index is 1200. The van der Waals surface area contributed by atoms with E-state index in [1.54, 1.807) is 23.1 Å². The van der Waals surface area contributed by atoms with Crippen LogP contribution in [0.4, 0.5) is 16.7 Å². The van der Waals surface area contributed by atoms with Gasteiger partial charge in [-0.05, 0) is 18.1 Å². The summed E-state index contributed by atoms with van der Waals surface area (Å²) in [5, 5.41) is 4.20. The Balaban J connectivity index is 1.56. The van der Waals surface area contributed by atoms with E-state index in [9.17, 15) is 9.59 Å². The average molecular weight is 461 g/mol. The van der Waals surface area contributed by atoms with E-state index in [1.807, 2.05) is 0 Å². The van der Waals surface area contributed by atoms with Crippen molar-refractivity contribution >= 4 is 51.4 Å². The number of ether oxygens (including phenoxy) is 1. The van der Waals surface area contributed by atoms with Gasteiger partial charge in [-0.2, -0.15) is 4.98 Å². The summed E-state index contributed by atoms with van der Waals surface area (Å²) in [4.78, 5) is 42.0. The van der Waals surface area contributed by atoms with E-state index in [-0.39, 0.29) is 35.3 Å². The third kappa shape index (κ3) is 4.31. The lowest BCUT2D eigenvalue weighted by Crippen LogP contribution is -2.38. The van der Waals surface area contributed by atoms with E-state index in [0.717, 1.165) is 5.39 Å². The number of methoxy groups -OCH3 is 1. The Morgan fingerprint density at radius 2 is 2.13 bits per heavy atom. The van der Waals surface area contributed by atoms with Crippen LogP contribution in [-0.2, 0) is 6.54 Å². The smallest absolute Gasteiger partial charge is 0.288 e. The summed E-state index contributed by atoms with van der Waals surface area (Å²) in [7, 11) is 1.52. The molecule has 9 nitrogen and oxygen atoms in total. The maximum Gasteiger partial charge on any atom is 0.288 e. The number of aromatic nitrogens is 4. The first-order valence-corrected chi connectivity index (χ1v) is 11.0. The molecule has 2 N–H and O–H groups in total. The minimum Gasteiger partial charge on any atom is -0.495 e. The molecule has 4 rings (SSSR count). The number of H-pyrrole nitrogens is 1. The fraction of sp³-hybridized carbons (Fsp3) is 0.350. The van der Waals surface area contributed by atoms with Crippen molar-refractivity contribution in [1.29, 1.82) is 0 Å². The van der Waals surface area contributed by atoms with Crippen molar-refractivity contribution in [3.63, 3.8) is 0 Å². The number of thioether (sulfide) groups is 1. The van der Waals surface area contributed by atoms with Crippen LogP contribution in [0.5, 0.6) is 5.75 Å². The minimum atomic E-state index is -0.246. The number of amides is 1. The Morgan fingerprint density at radius 1 is 1.32 bits per heavy atom. The fourth-order valence-corrected chi connectivity index (χ4v) is 4.81. The molecule has 11 heteroatoms. The van der Waals surface area contributed by atoms with Gasteiger partial charge in [0.05, 0.1) is 23.7 Å². The number of nitrogens with one attached hydrogen (secondary N) is 2. The second kappa shape index (κ2) is 8.72. The molecule has 0 bridgehead atoms. The monoisotopic (exact) mass is 460 g/mol. The largest absolute Gasteiger partial charge is 0.495 e. The second-order valence-electron chi connectivity index (χ2n) is 7.42. The molecule has 162 valence electrons. The molecule has 3 aromatic rings. The standard InChI is InChI=1S/C20H21ClN6O3S/c1-10(2)15-8-31-20(29)27(15)19-24-9-23-18(26-19)22-7-12-4-11-5-13(21)16(30-3)6-14(11)25-17(12)28/h4-6,9-10,15H,7-8H2,1-3H3,(H,25,28)(H,22,23,24,26)/t15-/m1/s1. The molecule has 1 aliphatic rings. The summed E-state index contributed by atoms with van der Waals surface area (Å²) in [6.07, 6.45) is 1.36. The number of anilines is 2. The van der Waals surface area contributed by atoms with E-state index in [4.69, 9.17) is 16.3 Å². The molecule has 1 aromatic carbocycles. The SMILES string of the molecule is COc1cc2[nH]c(=O)c(CNc3ncnc(N4C(=O)SC[C@@H]4C(C)C)n3)cc2cc1Cl. The zero-order chi connectivity index (χ0) is 22.1. The average Bonchev–Trinajstić information content (AvgIpc) is 3.14. The highest BCUT2D eigenvalue weighted by molar-refractivity contribution is 8.14. The molecule has 0 radical (unpaired) electrons. The third-order valence-corrected chi connectivity index (χ3v) is 6.33. The Kier molecular flexibility index (Phi) is 6.01. The number of carbonyl (C=O) groups excluding carboxylic acids is 1. The van der Waals surface area contributed by atoms with Gasteiger partial charge in [0.1, 0.15) is 12.1 Å². The number of aromatic amines is 1. The van der Waals surface area contributed by atoms with Crippen molar-refractivity contribution in [3.05, 3.63) is 45.5 Å². The van der Waals surface area contributed by atoms with Crippen molar-refractivity contribution in [2.24, 2.45) is 5.92 Å². The summed E-state index contributed by atoms with van der Waals surface area (Å²) >= 11 is 7.46. The first-order chi connectivity index (χ1) is 14.9. The topological polar surface area (TPSA) is 113 Å². The molecule has 31 heavy (non-hydrogen) atoms. The summed E-state index contributed by atoms with van der Waals surface area (Å²) < 4.78 is 5.19. The molecule has 0 unspecified atom stereocenters. The molecule has 1 fully saturated rings. The van der Waals surface area contributed by atoms with Gasteiger partial charge in [-0.15, -0.1) is 0 Å². The van der Waals surface area contributed by atoms with Gasteiger partial charge < -0.3 is 15.0 Å². The zero-order valence-electron chi connectivity index (χ0n) is 17.2. The summed E-state index contributed by atoms with van der Waals surface area (Å²) in [5.74, 6) is 2.04. The molecule has 2 aromatic heterocycles. The molecule has 0 aliphatic carbocycles. The predicted octanol–water partition coefficient (Wildman–Crippen LogP) is 3.69. The number of pyridine rings is 1. The van der Waals surface area contributed by atoms with Crippen LogP contribution in [0.3, 0.4) is 0 Å². The lowest BCUT2D eigenvalue weighted by atomic mass is 10.1. The van der Waals surface area contributed by atoms with Crippen molar-refractivity contribution in [2.75, 3.05) is 23.1 Å². The van der Waals surface area contributed by atoms with Crippen LogP contribution >= 0.6 is 23.4 Å². The van der Waals surface area contributed by atoms with Crippen molar-refractivity contribution in [2.45, 2.75) is 26.4 Å². The first-order valence-electron chi connectivity index (χ1n) is 9.65.